The van der Waals surface area contributed by atoms with Crippen LogP contribution in [-0.4, -0.2) is 38.3 Å². The highest BCUT2D eigenvalue weighted by atomic mass is 35.5. The molecule has 1 saturated carbocycles. The van der Waals surface area contributed by atoms with E-state index >= 15 is 0 Å². The predicted molar refractivity (Wildman–Crippen MR) is 82.2 cm³/mol. The molecule has 0 radical (unpaired) electrons. The Balaban J connectivity index is 1.73. The zero-order chi connectivity index (χ0) is 14.9. The van der Waals surface area contributed by atoms with Crippen molar-refractivity contribution in [1.82, 2.24) is 4.31 Å². The van der Waals surface area contributed by atoms with Crippen LogP contribution >= 0.6 is 11.6 Å². The number of benzene rings is 1. The number of alkyl halides is 1. The van der Waals surface area contributed by atoms with E-state index < -0.39 is 10.0 Å². The summed E-state index contributed by atoms with van der Waals surface area (Å²) in [4.78, 5) is 0.348. The molecule has 1 saturated heterocycles. The maximum absolute atomic E-state index is 12.7. The van der Waals surface area contributed by atoms with Crippen LogP contribution in [0.4, 0.5) is 0 Å². The van der Waals surface area contributed by atoms with E-state index in [0.717, 1.165) is 0 Å². The Bertz CT molecular complexity index is 575. The van der Waals surface area contributed by atoms with Crippen molar-refractivity contribution in [3.8, 4) is 5.75 Å². The van der Waals surface area contributed by atoms with Gasteiger partial charge < -0.3 is 4.74 Å². The van der Waals surface area contributed by atoms with Gasteiger partial charge in [0, 0.05) is 13.1 Å². The summed E-state index contributed by atoms with van der Waals surface area (Å²) in [7, 11) is -3.37. The van der Waals surface area contributed by atoms with Crippen LogP contribution in [0.1, 0.15) is 19.3 Å². The molecule has 3 rings (SSSR count). The van der Waals surface area contributed by atoms with E-state index in [2.05, 4.69) is 0 Å². The third kappa shape index (κ3) is 3.05. The lowest BCUT2D eigenvalue weighted by atomic mass is 10.0. The number of sulfonamides is 1. The minimum Gasteiger partial charge on any atom is -0.492 e. The largest absolute Gasteiger partial charge is 0.492 e. The molecule has 1 aliphatic carbocycles. The van der Waals surface area contributed by atoms with Gasteiger partial charge in [-0.2, -0.15) is 4.31 Å². The smallest absolute Gasteiger partial charge is 0.243 e. The summed E-state index contributed by atoms with van der Waals surface area (Å²) in [5.41, 5.74) is 0. The molecule has 0 N–H and O–H groups in total. The van der Waals surface area contributed by atoms with Gasteiger partial charge >= 0.3 is 0 Å². The molecule has 2 fully saturated rings. The van der Waals surface area contributed by atoms with Gasteiger partial charge in [0.05, 0.1) is 10.8 Å². The van der Waals surface area contributed by atoms with Crippen molar-refractivity contribution in [2.24, 2.45) is 11.8 Å². The van der Waals surface area contributed by atoms with Crippen LogP contribution in [0, 0.1) is 11.8 Å². The van der Waals surface area contributed by atoms with Crippen LogP contribution in [0.15, 0.2) is 29.2 Å². The fourth-order valence-electron chi connectivity index (χ4n) is 3.40. The van der Waals surface area contributed by atoms with Crippen LogP contribution in [0.5, 0.6) is 5.75 Å². The normalized spacial score (nSPS) is 26.0. The minimum absolute atomic E-state index is 0.348. The molecular weight excluding hydrogens is 310 g/mol. The Morgan fingerprint density at radius 2 is 1.76 bits per heavy atom. The first-order valence-corrected chi connectivity index (χ1v) is 9.37. The van der Waals surface area contributed by atoms with Gasteiger partial charge in [-0.25, -0.2) is 8.42 Å². The van der Waals surface area contributed by atoms with E-state index in [0.29, 0.717) is 48.1 Å². The number of nitrogens with zero attached hydrogens (tertiary/aromatic N) is 1. The van der Waals surface area contributed by atoms with E-state index in [1.54, 1.807) is 28.6 Å². The van der Waals surface area contributed by atoms with Gasteiger partial charge in [-0.1, -0.05) is 6.42 Å². The first kappa shape index (κ1) is 15.1. The summed E-state index contributed by atoms with van der Waals surface area (Å²) < 4.78 is 32.3. The van der Waals surface area contributed by atoms with Crippen molar-refractivity contribution in [3.63, 3.8) is 0 Å². The fourth-order valence-corrected chi connectivity index (χ4v) is 5.03. The minimum atomic E-state index is -3.37. The fraction of sp³-hybridized carbons (Fsp3) is 0.600. The maximum atomic E-state index is 12.7. The molecule has 116 valence electrons. The van der Waals surface area contributed by atoms with Crippen molar-refractivity contribution in [3.05, 3.63) is 24.3 Å². The first-order chi connectivity index (χ1) is 10.1. The summed E-state index contributed by atoms with van der Waals surface area (Å²) >= 11 is 5.56. The van der Waals surface area contributed by atoms with Crippen LogP contribution in [0.2, 0.25) is 0 Å². The average Bonchev–Trinajstić information content (AvgIpc) is 3.07. The zero-order valence-corrected chi connectivity index (χ0v) is 13.4. The van der Waals surface area contributed by atoms with Crippen molar-refractivity contribution in [1.29, 1.82) is 0 Å². The Kier molecular flexibility index (Phi) is 4.43. The third-order valence-electron chi connectivity index (χ3n) is 4.50. The molecule has 4 nitrogen and oxygen atoms in total. The first-order valence-electron chi connectivity index (χ1n) is 7.40. The summed E-state index contributed by atoms with van der Waals surface area (Å²) in [6.07, 6.45) is 3.58. The average molecular weight is 330 g/mol. The molecule has 0 spiro atoms. The highest BCUT2D eigenvalue weighted by Gasteiger charge is 2.41. The van der Waals surface area contributed by atoms with Gasteiger partial charge in [0.25, 0.3) is 0 Å². The Morgan fingerprint density at radius 3 is 2.33 bits per heavy atom. The highest BCUT2D eigenvalue weighted by Crippen LogP contribution is 2.39. The Hall–Kier alpha value is -0.780. The molecule has 21 heavy (non-hydrogen) atoms. The second kappa shape index (κ2) is 6.15. The van der Waals surface area contributed by atoms with E-state index in [1.807, 2.05) is 0 Å². The second-order valence-corrected chi connectivity index (χ2v) is 8.10. The summed E-state index contributed by atoms with van der Waals surface area (Å²) in [6, 6.07) is 6.62. The molecule has 0 bridgehead atoms. The lowest BCUT2D eigenvalue weighted by Crippen LogP contribution is -2.29. The molecule has 1 heterocycles. The number of halogens is 1. The summed E-state index contributed by atoms with van der Waals surface area (Å²) in [5, 5.41) is 0. The lowest BCUT2D eigenvalue weighted by molar-refractivity contribution is 0.342. The van der Waals surface area contributed by atoms with E-state index in [9.17, 15) is 8.42 Å². The molecule has 2 atom stereocenters. The van der Waals surface area contributed by atoms with E-state index in [4.69, 9.17) is 16.3 Å². The highest BCUT2D eigenvalue weighted by molar-refractivity contribution is 7.89. The summed E-state index contributed by atoms with van der Waals surface area (Å²) in [6.45, 7) is 1.78. The van der Waals surface area contributed by atoms with Crippen LogP contribution in [-0.2, 0) is 10.0 Å². The van der Waals surface area contributed by atoms with Crippen molar-refractivity contribution < 1.29 is 13.2 Å². The third-order valence-corrected chi connectivity index (χ3v) is 6.50. The second-order valence-electron chi connectivity index (χ2n) is 5.78. The molecule has 1 aromatic carbocycles. The molecular formula is C15H20ClNO3S. The zero-order valence-electron chi connectivity index (χ0n) is 11.9. The Morgan fingerprint density at radius 1 is 1.14 bits per heavy atom. The molecule has 1 aliphatic heterocycles. The van der Waals surface area contributed by atoms with Gasteiger partial charge in [-0.3, -0.25) is 0 Å². The SMILES string of the molecule is O=S(=O)(c1ccc(OCCCl)cc1)N1CC2CCCC2C1. The maximum Gasteiger partial charge on any atom is 0.243 e. The number of ether oxygens (including phenoxy) is 1. The molecule has 1 aromatic rings. The van der Waals surface area contributed by atoms with Gasteiger partial charge in [0.2, 0.25) is 10.0 Å². The predicted octanol–water partition coefficient (Wildman–Crippen LogP) is 2.72. The molecule has 0 aromatic heterocycles. The van der Waals surface area contributed by atoms with Gasteiger partial charge in [0.15, 0.2) is 0 Å². The molecule has 2 aliphatic rings. The van der Waals surface area contributed by atoms with Crippen LogP contribution in [0.3, 0.4) is 0 Å². The standard InChI is InChI=1S/C15H20ClNO3S/c16-8-9-20-14-4-6-15(7-5-14)21(18,19)17-10-12-2-1-3-13(12)11-17/h4-7,12-13H,1-3,8-11H2. The van der Waals surface area contributed by atoms with Crippen LogP contribution < -0.4 is 4.74 Å². The lowest BCUT2D eigenvalue weighted by Gasteiger charge is -2.17. The number of hydrogen-bond acceptors (Lipinski definition) is 3. The molecule has 0 amide bonds. The van der Waals surface area contributed by atoms with Gasteiger partial charge in [0.1, 0.15) is 12.4 Å². The quantitative estimate of drug-likeness (QED) is 0.780. The number of fused-ring (bicyclic) bond motifs is 1. The van der Waals surface area contributed by atoms with Crippen molar-refractivity contribution >= 4 is 21.6 Å². The Labute approximate surface area is 131 Å². The van der Waals surface area contributed by atoms with Crippen LogP contribution in [0.25, 0.3) is 0 Å². The monoisotopic (exact) mass is 329 g/mol. The molecule has 6 heteroatoms. The number of hydrogen-bond donors (Lipinski definition) is 0. The van der Waals surface area contributed by atoms with E-state index in [1.165, 1.54) is 19.3 Å². The molecule has 2 unspecified atom stereocenters. The van der Waals surface area contributed by atoms with Crippen molar-refractivity contribution in [2.45, 2.75) is 24.2 Å². The van der Waals surface area contributed by atoms with Gasteiger partial charge in [-0.15, -0.1) is 11.6 Å². The number of rotatable bonds is 5. The van der Waals surface area contributed by atoms with E-state index in [-0.39, 0.29) is 0 Å². The topological polar surface area (TPSA) is 46.6 Å². The van der Waals surface area contributed by atoms with Crippen molar-refractivity contribution in [2.75, 3.05) is 25.6 Å². The summed E-state index contributed by atoms with van der Waals surface area (Å²) in [5.74, 6) is 2.18. The van der Waals surface area contributed by atoms with Gasteiger partial charge in [-0.05, 0) is 48.9 Å².